The predicted octanol–water partition coefficient (Wildman–Crippen LogP) is 17.4. The van der Waals surface area contributed by atoms with E-state index in [0.717, 1.165) is 26.4 Å². The molecule has 302 valence electrons. The first-order valence-electron chi connectivity index (χ1n) is 24.1. The van der Waals surface area contributed by atoms with Gasteiger partial charge in [-0.25, -0.2) is 0 Å². The molecule has 0 amide bonds. The monoisotopic (exact) mass is 707 g/mol. The van der Waals surface area contributed by atoms with E-state index in [4.69, 9.17) is 9.47 Å². The summed E-state index contributed by atoms with van der Waals surface area (Å²) in [6.45, 7) is 8.58. The van der Waals surface area contributed by atoms with Crippen molar-refractivity contribution in [3.05, 3.63) is 0 Å². The van der Waals surface area contributed by atoms with Crippen LogP contribution in [0, 0.1) is 0 Å². The van der Waals surface area contributed by atoms with Crippen LogP contribution < -0.4 is 0 Å². The Kier molecular flexibility index (Phi) is 48.8. The Morgan fingerprint density at radius 2 is 0.280 bits per heavy atom. The van der Waals surface area contributed by atoms with Gasteiger partial charge in [0.2, 0.25) is 0 Å². The average molecular weight is 707 g/mol. The molecule has 0 N–H and O–H groups in total. The number of rotatable bonds is 47. The van der Waals surface area contributed by atoms with Crippen LogP contribution in [0.4, 0.5) is 0 Å². The van der Waals surface area contributed by atoms with Crippen molar-refractivity contribution >= 4 is 0 Å². The zero-order valence-corrected chi connectivity index (χ0v) is 35.3. The highest BCUT2D eigenvalue weighted by molar-refractivity contribution is 4.53. The van der Waals surface area contributed by atoms with Gasteiger partial charge in [0.05, 0.1) is 0 Å². The molecule has 0 atom stereocenters. The van der Waals surface area contributed by atoms with Crippen LogP contribution in [0.15, 0.2) is 0 Å². The lowest BCUT2D eigenvalue weighted by Crippen LogP contribution is -1.97. The lowest BCUT2D eigenvalue weighted by atomic mass is 10.0. The first-order valence-corrected chi connectivity index (χ1v) is 24.1. The standard InChI is InChI=1S/C48H98O2/c1-3-5-7-9-11-13-25-29-33-37-41-45-49-47-43-39-35-31-27-23-21-19-17-15-16-18-20-22-24-28-32-36-40-44-48-50-46-42-38-34-30-26-14-12-10-8-6-4-2/h3-48H2,1-2H3. The van der Waals surface area contributed by atoms with Gasteiger partial charge >= 0.3 is 0 Å². The number of unbranched alkanes of at least 4 members (excludes halogenated alkanes) is 39. The molecule has 0 saturated heterocycles. The molecule has 0 spiro atoms. The van der Waals surface area contributed by atoms with E-state index in [1.165, 1.54) is 270 Å². The van der Waals surface area contributed by atoms with Crippen LogP contribution in [0.3, 0.4) is 0 Å². The Hall–Kier alpha value is -0.0800. The second-order valence-corrected chi connectivity index (χ2v) is 16.4. The van der Waals surface area contributed by atoms with Crippen molar-refractivity contribution in [2.45, 2.75) is 284 Å². The summed E-state index contributed by atoms with van der Waals surface area (Å²) in [4.78, 5) is 0. The third kappa shape index (κ3) is 47.9. The molecule has 0 heterocycles. The topological polar surface area (TPSA) is 18.5 Å². The average Bonchev–Trinajstić information content (AvgIpc) is 3.13. The van der Waals surface area contributed by atoms with Crippen molar-refractivity contribution in [3.8, 4) is 0 Å². The maximum Gasteiger partial charge on any atom is 0.0466 e. The Labute approximate surface area is 318 Å². The molecule has 0 bridgehead atoms. The summed E-state index contributed by atoms with van der Waals surface area (Å²) in [6, 6.07) is 0. The van der Waals surface area contributed by atoms with E-state index < -0.39 is 0 Å². The van der Waals surface area contributed by atoms with Gasteiger partial charge in [-0.15, -0.1) is 0 Å². The molecule has 2 heteroatoms. The quantitative estimate of drug-likeness (QED) is 0.0587. The molecule has 0 saturated carbocycles. The summed E-state index contributed by atoms with van der Waals surface area (Å²) < 4.78 is 11.8. The molecule has 0 radical (unpaired) electrons. The molecule has 2 nitrogen and oxygen atoms in total. The van der Waals surface area contributed by atoms with Gasteiger partial charge in [-0.2, -0.15) is 0 Å². The first kappa shape index (κ1) is 49.9. The van der Waals surface area contributed by atoms with Gasteiger partial charge in [0.15, 0.2) is 0 Å². The van der Waals surface area contributed by atoms with Crippen molar-refractivity contribution in [3.63, 3.8) is 0 Å². The molecule has 0 rings (SSSR count). The Morgan fingerprint density at radius 3 is 0.420 bits per heavy atom. The maximum absolute atomic E-state index is 5.88. The summed E-state index contributed by atoms with van der Waals surface area (Å²) in [5.41, 5.74) is 0. The Balaban J connectivity index is 3.04. The molecule has 0 aliphatic heterocycles. The van der Waals surface area contributed by atoms with Gasteiger partial charge in [-0.05, 0) is 25.7 Å². The van der Waals surface area contributed by atoms with Gasteiger partial charge in [-0.3, -0.25) is 0 Å². The minimum atomic E-state index is 0.993. The third-order valence-electron chi connectivity index (χ3n) is 11.1. The second kappa shape index (κ2) is 48.9. The molecule has 0 aliphatic rings. The summed E-state index contributed by atoms with van der Waals surface area (Å²) in [5, 5.41) is 0. The second-order valence-electron chi connectivity index (χ2n) is 16.4. The summed E-state index contributed by atoms with van der Waals surface area (Å²) in [7, 11) is 0. The zero-order valence-electron chi connectivity index (χ0n) is 35.3. The molecule has 50 heavy (non-hydrogen) atoms. The highest BCUT2D eigenvalue weighted by atomic mass is 16.5. The van der Waals surface area contributed by atoms with Crippen molar-refractivity contribution in [1.82, 2.24) is 0 Å². The fourth-order valence-electron chi connectivity index (χ4n) is 7.53. The minimum absolute atomic E-state index is 0.993. The summed E-state index contributed by atoms with van der Waals surface area (Å²) in [5.74, 6) is 0. The van der Waals surface area contributed by atoms with Crippen LogP contribution in [0.2, 0.25) is 0 Å². The van der Waals surface area contributed by atoms with E-state index in [1.807, 2.05) is 0 Å². The first-order chi connectivity index (χ1) is 24.9. The van der Waals surface area contributed by atoms with Gasteiger partial charge < -0.3 is 9.47 Å². The van der Waals surface area contributed by atoms with Crippen molar-refractivity contribution in [2.75, 3.05) is 26.4 Å². The van der Waals surface area contributed by atoms with E-state index >= 15 is 0 Å². The largest absolute Gasteiger partial charge is 0.381 e. The summed E-state index contributed by atoms with van der Waals surface area (Å²) >= 11 is 0. The van der Waals surface area contributed by atoms with Crippen LogP contribution >= 0.6 is 0 Å². The zero-order chi connectivity index (χ0) is 35.9. The van der Waals surface area contributed by atoms with Crippen LogP contribution in [-0.2, 0) is 9.47 Å². The molecule has 0 aromatic rings. The van der Waals surface area contributed by atoms with Gasteiger partial charge in [-0.1, -0.05) is 258 Å². The molecular weight excluding hydrogens is 609 g/mol. The Morgan fingerprint density at radius 1 is 0.160 bits per heavy atom. The smallest absolute Gasteiger partial charge is 0.0466 e. The molecular formula is C48H98O2. The fourth-order valence-corrected chi connectivity index (χ4v) is 7.53. The van der Waals surface area contributed by atoms with Crippen LogP contribution in [0.25, 0.3) is 0 Å². The van der Waals surface area contributed by atoms with E-state index in [9.17, 15) is 0 Å². The molecule has 0 aliphatic carbocycles. The summed E-state index contributed by atoms with van der Waals surface area (Å²) in [6.07, 6.45) is 59.7. The van der Waals surface area contributed by atoms with Crippen LogP contribution in [-0.4, -0.2) is 26.4 Å². The Bertz CT molecular complexity index is 500. The fraction of sp³-hybridized carbons (Fsp3) is 1.00. The molecule has 0 aromatic carbocycles. The van der Waals surface area contributed by atoms with E-state index in [0.29, 0.717) is 0 Å². The van der Waals surface area contributed by atoms with E-state index in [1.54, 1.807) is 0 Å². The lowest BCUT2D eigenvalue weighted by Gasteiger charge is -2.06. The van der Waals surface area contributed by atoms with Gasteiger partial charge in [0, 0.05) is 26.4 Å². The number of hydrogen-bond donors (Lipinski definition) is 0. The molecule has 0 fully saturated rings. The SMILES string of the molecule is CCCCCCCCCCCCCOCCCCCCCCCCCCCCCCCCCCCCOCCCCCCCCCCCCC. The highest BCUT2D eigenvalue weighted by Gasteiger charge is 1.98. The number of ether oxygens (including phenoxy) is 2. The van der Waals surface area contributed by atoms with Crippen LogP contribution in [0.5, 0.6) is 0 Å². The maximum atomic E-state index is 5.88. The van der Waals surface area contributed by atoms with E-state index in [-0.39, 0.29) is 0 Å². The van der Waals surface area contributed by atoms with Crippen molar-refractivity contribution in [1.29, 1.82) is 0 Å². The highest BCUT2D eigenvalue weighted by Crippen LogP contribution is 2.16. The van der Waals surface area contributed by atoms with Crippen LogP contribution in [0.1, 0.15) is 284 Å². The predicted molar refractivity (Wildman–Crippen MR) is 227 cm³/mol. The molecule has 0 aromatic heterocycles. The normalized spacial score (nSPS) is 11.6. The van der Waals surface area contributed by atoms with Gasteiger partial charge in [0.1, 0.15) is 0 Å². The number of hydrogen-bond acceptors (Lipinski definition) is 2. The lowest BCUT2D eigenvalue weighted by molar-refractivity contribution is 0.125. The molecule has 0 unspecified atom stereocenters. The van der Waals surface area contributed by atoms with Crippen molar-refractivity contribution < 1.29 is 9.47 Å². The van der Waals surface area contributed by atoms with E-state index in [2.05, 4.69) is 13.8 Å². The third-order valence-corrected chi connectivity index (χ3v) is 11.1. The van der Waals surface area contributed by atoms with Crippen molar-refractivity contribution in [2.24, 2.45) is 0 Å². The van der Waals surface area contributed by atoms with Gasteiger partial charge in [0.25, 0.3) is 0 Å². The minimum Gasteiger partial charge on any atom is -0.381 e.